The summed E-state index contributed by atoms with van der Waals surface area (Å²) in [5.41, 5.74) is 0.738. The lowest BCUT2D eigenvalue weighted by molar-refractivity contribution is -0.384. The molecule has 0 unspecified atom stereocenters. The highest BCUT2D eigenvalue weighted by atomic mass is 35.5. The predicted octanol–water partition coefficient (Wildman–Crippen LogP) is 1.67. The van der Waals surface area contributed by atoms with Gasteiger partial charge in [-0.3, -0.25) is 14.9 Å². The smallest absolute Gasteiger partial charge is 0.276 e. The summed E-state index contributed by atoms with van der Waals surface area (Å²) in [7, 11) is 0. The third-order valence-corrected chi connectivity index (χ3v) is 5.32. The van der Waals surface area contributed by atoms with Gasteiger partial charge in [-0.25, -0.2) is 4.68 Å². The summed E-state index contributed by atoms with van der Waals surface area (Å²) in [5, 5.41) is 22.3. The van der Waals surface area contributed by atoms with E-state index in [1.165, 1.54) is 23.0 Å². The Balaban J connectivity index is 0.00000210. The summed E-state index contributed by atoms with van der Waals surface area (Å²) >= 11 is 0. The van der Waals surface area contributed by atoms with E-state index in [-0.39, 0.29) is 29.7 Å². The minimum Gasteiger partial charge on any atom is -0.337 e. The number of rotatable bonds is 3. The van der Waals surface area contributed by atoms with Gasteiger partial charge in [0, 0.05) is 25.2 Å². The largest absolute Gasteiger partial charge is 0.337 e. The van der Waals surface area contributed by atoms with Gasteiger partial charge < -0.3 is 10.2 Å². The molecule has 9 nitrogen and oxygen atoms in total. The van der Waals surface area contributed by atoms with Gasteiger partial charge in [0.1, 0.15) is 0 Å². The summed E-state index contributed by atoms with van der Waals surface area (Å²) in [6.45, 7) is 3.53. The number of hydrogen-bond donors (Lipinski definition) is 1. The normalized spacial score (nSPS) is 21.9. The SMILES string of the molecule is Cl.O=C(c1cn(-c2cccc([N+](=O)[O-])c2)nn1)N1CC[C@@H]2CNC[C@@H]2CC1. The maximum atomic E-state index is 12.8. The fraction of sp³-hybridized carbons (Fsp3) is 0.471. The van der Waals surface area contributed by atoms with Gasteiger partial charge in [0.05, 0.1) is 16.8 Å². The Kier molecular flexibility index (Phi) is 5.71. The number of aromatic nitrogens is 3. The van der Waals surface area contributed by atoms with Gasteiger partial charge in [-0.2, -0.15) is 0 Å². The van der Waals surface area contributed by atoms with Crippen molar-refractivity contribution in [3.05, 3.63) is 46.3 Å². The molecule has 1 aromatic carbocycles. The quantitative estimate of drug-likeness (QED) is 0.629. The van der Waals surface area contributed by atoms with E-state index in [9.17, 15) is 14.9 Å². The Morgan fingerprint density at radius 2 is 1.93 bits per heavy atom. The van der Waals surface area contributed by atoms with Crippen LogP contribution in [0.2, 0.25) is 0 Å². The molecule has 10 heteroatoms. The van der Waals surface area contributed by atoms with Gasteiger partial charge in [-0.05, 0) is 43.8 Å². The van der Waals surface area contributed by atoms with Gasteiger partial charge in [0.2, 0.25) is 0 Å². The van der Waals surface area contributed by atoms with E-state index in [0.717, 1.165) is 39.0 Å². The first-order chi connectivity index (χ1) is 12.6. The molecule has 0 aliphatic carbocycles. The van der Waals surface area contributed by atoms with E-state index < -0.39 is 4.92 Å². The Bertz CT molecular complexity index is 828. The summed E-state index contributed by atoms with van der Waals surface area (Å²) in [6, 6.07) is 6.09. The molecule has 4 rings (SSSR count). The molecule has 0 radical (unpaired) electrons. The van der Waals surface area contributed by atoms with Gasteiger partial charge >= 0.3 is 0 Å². The zero-order chi connectivity index (χ0) is 18.1. The third-order valence-electron chi connectivity index (χ3n) is 5.32. The second-order valence-corrected chi connectivity index (χ2v) is 6.87. The monoisotopic (exact) mass is 392 g/mol. The van der Waals surface area contributed by atoms with E-state index in [0.29, 0.717) is 17.5 Å². The molecule has 27 heavy (non-hydrogen) atoms. The molecule has 2 atom stereocenters. The molecule has 0 saturated carbocycles. The second kappa shape index (κ2) is 8.01. The fourth-order valence-corrected chi connectivity index (χ4v) is 3.82. The molecule has 2 aromatic rings. The zero-order valence-electron chi connectivity index (χ0n) is 14.7. The number of likely N-dealkylation sites (tertiary alicyclic amines) is 1. The summed E-state index contributed by atoms with van der Waals surface area (Å²) in [6.07, 6.45) is 3.54. The van der Waals surface area contributed by atoms with Crippen LogP contribution in [0.4, 0.5) is 5.69 Å². The van der Waals surface area contributed by atoms with Crippen LogP contribution in [0.25, 0.3) is 5.69 Å². The standard InChI is InChI=1S/C17H20N6O3.ClH/c24-17(21-6-4-12-9-18-10-13(12)5-7-21)16-11-22(20-19-16)14-2-1-3-15(8-14)23(25)26;/h1-3,8,11-13,18H,4-7,9-10H2;1H/t12-,13+;. The number of nitro benzene ring substituents is 1. The van der Waals surface area contributed by atoms with Crippen LogP contribution in [-0.2, 0) is 0 Å². The van der Waals surface area contributed by atoms with Crippen molar-refractivity contribution in [3.63, 3.8) is 0 Å². The number of fused-ring (bicyclic) bond motifs is 1. The molecule has 1 N–H and O–H groups in total. The highest BCUT2D eigenvalue weighted by Crippen LogP contribution is 2.27. The molecule has 3 heterocycles. The molecule has 2 saturated heterocycles. The number of non-ortho nitro benzene ring substituents is 1. The first-order valence-corrected chi connectivity index (χ1v) is 8.79. The maximum Gasteiger partial charge on any atom is 0.276 e. The van der Waals surface area contributed by atoms with Crippen molar-refractivity contribution in [3.8, 4) is 5.69 Å². The number of nitro groups is 1. The molecule has 1 amide bonds. The molecule has 144 valence electrons. The van der Waals surface area contributed by atoms with Gasteiger partial charge in [0.25, 0.3) is 11.6 Å². The molecule has 0 bridgehead atoms. The van der Waals surface area contributed by atoms with Crippen LogP contribution in [0.5, 0.6) is 0 Å². The number of hydrogen-bond acceptors (Lipinski definition) is 6. The van der Waals surface area contributed by atoms with Crippen LogP contribution >= 0.6 is 12.4 Å². The number of halogens is 1. The first-order valence-electron chi connectivity index (χ1n) is 8.79. The second-order valence-electron chi connectivity index (χ2n) is 6.87. The summed E-state index contributed by atoms with van der Waals surface area (Å²) in [5.74, 6) is 1.16. The zero-order valence-corrected chi connectivity index (χ0v) is 15.5. The molecular formula is C17H21ClN6O3. The lowest BCUT2D eigenvalue weighted by Gasteiger charge is -2.19. The fourth-order valence-electron chi connectivity index (χ4n) is 3.82. The highest BCUT2D eigenvalue weighted by molar-refractivity contribution is 5.92. The molecule has 1 aromatic heterocycles. The van der Waals surface area contributed by atoms with Crippen molar-refractivity contribution in [2.45, 2.75) is 12.8 Å². The Hall–Kier alpha value is -2.52. The van der Waals surface area contributed by atoms with Crippen LogP contribution in [0.3, 0.4) is 0 Å². The van der Waals surface area contributed by atoms with Crippen molar-refractivity contribution in [1.29, 1.82) is 0 Å². The topological polar surface area (TPSA) is 106 Å². The van der Waals surface area contributed by atoms with Crippen molar-refractivity contribution < 1.29 is 9.72 Å². The lowest BCUT2D eigenvalue weighted by atomic mass is 9.92. The number of amides is 1. The van der Waals surface area contributed by atoms with Crippen LogP contribution in [0.15, 0.2) is 30.5 Å². The van der Waals surface area contributed by atoms with Crippen LogP contribution in [0.1, 0.15) is 23.3 Å². The van der Waals surface area contributed by atoms with Crippen LogP contribution in [0, 0.1) is 22.0 Å². The minimum atomic E-state index is -0.463. The Labute approximate surface area is 162 Å². The average Bonchev–Trinajstić information content (AvgIpc) is 3.27. The number of carbonyl (C=O) groups excluding carboxylic acids is 1. The van der Waals surface area contributed by atoms with Crippen LogP contribution < -0.4 is 5.32 Å². The molecular weight excluding hydrogens is 372 g/mol. The van der Waals surface area contributed by atoms with Crippen molar-refractivity contribution >= 4 is 24.0 Å². The number of nitrogens with zero attached hydrogens (tertiary/aromatic N) is 5. The van der Waals surface area contributed by atoms with E-state index in [2.05, 4.69) is 15.6 Å². The number of nitrogens with one attached hydrogen (secondary N) is 1. The van der Waals surface area contributed by atoms with Crippen molar-refractivity contribution in [1.82, 2.24) is 25.2 Å². The van der Waals surface area contributed by atoms with E-state index in [4.69, 9.17) is 0 Å². The molecule has 2 aliphatic rings. The number of benzene rings is 1. The summed E-state index contributed by atoms with van der Waals surface area (Å²) < 4.78 is 1.40. The first kappa shape index (κ1) is 19.2. The van der Waals surface area contributed by atoms with E-state index >= 15 is 0 Å². The minimum absolute atomic E-state index is 0. The van der Waals surface area contributed by atoms with Crippen molar-refractivity contribution in [2.24, 2.45) is 11.8 Å². The van der Waals surface area contributed by atoms with Crippen molar-refractivity contribution in [2.75, 3.05) is 26.2 Å². The third kappa shape index (κ3) is 3.93. The van der Waals surface area contributed by atoms with E-state index in [1.54, 1.807) is 12.1 Å². The average molecular weight is 393 g/mol. The maximum absolute atomic E-state index is 12.8. The summed E-state index contributed by atoms with van der Waals surface area (Å²) in [4.78, 5) is 25.1. The molecule has 2 aliphatic heterocycles. The number of carbonyl (C=O) groups is 1. The van der Waals surface area contributed by atoms with Gasteiger partial charge in [-0.1, -0.05) is 11.3 Å². The Morgan fingerprint density at radius 3 is 2.59 bits per heavy atom. The van der Waals surface area contributed by atoms with Crippen LogP contribution in [-0.4, -0.2) is 56.9 Å². The van der Waals surface area contributed by atoms with E-state index in [1.807, 2.05) is 4.90 Å². The van der Waals surface area contributed by atoms with Gasteiger partial charge in [0.15, 0.2) is 5.69 Å². The van der Waals surface area contributed by atoms with Gasteiger partial charge in [-0.15, -0.1) is 17.5 Å². The predicted molar refractivity (Wildman–Crippen MR) is 100 cm³/mol. The molecule has 0 spiro atoms. The Morgan fingerprint density at radius 1 is 1.22 bits per heavy atom. The highest BCUT2D eigenvalue weighted by Gasteiger charge is 2.32. The lowest BCUT2D eigenvalue weighted by Crippen LogP contribution is -2.33. The molecule has 2 fully saturated rings.